The Kier molecular flexibility index (Phi) is 4.63. The molecule has 124 valence electrons. The van der Waals surface area contributed by atoms with Crippen molar-refractivity contribution in [3.8, 4) is 11.1 Å². The number of carbonyl (C=O) groups is 2. The molecule has 0 aliphatic heterocycles. The van der Waals surface area contributed by atoms with Crippen LogP contribution < -0.4 is 5.73 Å². The number of anilines is 1. The van der Waals surface area contributed by atoms with Crippen molar-refractivity contribution < 1.29 is 14.0 Å². The molecule has 0 aliphatic carbocycles. The Morgan fingerprint density at radius 1 is 0.840 bits per heavy atom. The summed E-state index contributed by atoms with van der Waals surface area (Å²) in [5, 5.41) is -0.845. The van der Waals surface area contributed by atoms with Crippen LogP contribution >= 0.6 is 11.6 Å². The third kappa shape index (κ3) is 3.16. The Hall–Kier alpha value is -2.98. The predicted molar refractivity (Wildman–Crippen MR) is 96.3 cm³/mol. The lowest BCUT2D eigenvalue weighted by molar-refractivity contribution is 0.103. The van der Waals surface area contributed by atoms with Crippen LogP contribution in [0.5, 0.6) is 0 Å². The minimum atomic E-state index is -0.845. The minimum absolute atomic E-state index is 0.0939. The van der Waals surface area contributed by atoms with Crippen LogP contribution in [0.3, 0.4) is 0 Å². The van der Waals surface area contributed by atoms with Crippen LogP contribution in [0, 0.1) is 5.82 Å². The summed E-state index contributed by atoms with van der Waals surface area (Å²) >= 11 is 5.46. The molecule has 0 saturated heterocycles. The van der Waals surface area contributed by atoms with Crippen LogP contribution in [0.2, 0.25) is 0 Å². The summed E-state index contributed by atoms with van der Waals surface area (Å²) in [6.45, 7) is 0. The molecule has 0 spiro atoms. The lowest BCUT2D eigenvalue weighted by Crippen LogP contribution is -2.12. The van der Waals surface area contributed by atoms with E-state index < -0.39 is 16.8 Å². The highest BCUT2D eigenvalue weighted by Crippen LogP contribution is 2.30. The number of hydrogen-bond acceptors (Lipinski definition) is 3. The zero-order chi connectivity index (χ0) is 18.0. The molecule has 3 nitrogen and oxygen atoms in total. The van der Waals surface area contributed by atoms with Crippen molar-refractivity contribution in [2.24, 2.45) is 0 Å². The van der Waals surface area contributed by atoms with Crippen molar-refractivity contribution in [2.45, 2.75) is 0 Å². The third-order valence-corrected chi connectivity index (χ3v) is 4.09. The van der Waals surface area contributed by atoms with Gasteiger partial charge in [0.1, 0.15) is 5.82 Å². The van der Waals surface area contributed by atoms with Gasteiger partial charge >= 0.3 is 0 Å². The highest BCUT2D eigenvalue weighted by molar-refractivity contribution is 6.68. The number of hydrogen-bond donors (Lipinski definition) is 1. The molecule has 0 bridgehead atoms. The number of ketones is 1. The molecule has 3 rings (SSSR count). The van der Waals surface area contributed by atoms with Crippen molar-refractivity contribution in [1.29, 1.82) is 0 Å². The van der Waals surface area contributed by atoms with Crippen LogP contribution in [0.1, 0.15) is 26.3 Å². The molecule has 0 aliphatic rings. The van der Waals surface area contributed by atoms with Gasteiger partial charge in [0.25, 0.3) is 5.24 Å². The van der Waals surface area contributed by atoms with Crippen molar-refractivity contribution >= 4 is 28.3 Å². The van der Waals surface area contributed by atoms with E-state index >= 15 is 0 Å². The fraction of sp³-hybridized carbons (Fsp3) is 0. The Bertz CT molecular complexity index is 971. The number of rotatable bonds is 4. The van der Waals surface area contributed by atoms with Gasteiger partial charge in [-0.25, -0.2) is 4.39 Å². The Morgan fingerprint density at radius 3 is 2.16 bits per heavy atom. The van der Waals surface area contributed by atoms with E-state index in [0.29, 0.717) is 11.1 Å². The molecule has 0 atom stereocenters. The van der Waals surface area contributed by atoms with Crippen LogP contribution in [-0.2, 0) is 0 Å². The van der Waals surface area contributed by atoms with E-state index in [4.69, 9.17) is 17.3 Å². The lowest BCUT2D eigenvalue weighted by Gasteiger charge is -2.12. The van der Waals surface area contributed by atoms with Gasteiger partial charge in [-0.1, -0.05) is 54.6 Å². The number of carbonyl (C=O) groups excluding carboxylic acids is 2. The largest absolute Gasteiger partial charge is 0.397 e. The maximum atomic E-state index is 14.3. The van der Waals surface area contributed by atoms with Gasteiger partial charge in [0.2, 0.25) is 0 Å². The van der Waals surface area contributed by atoms with E-state index in [1.54, 1.807) is 24.3 Å². The molecule has 0 unspecified atom stereocenters. The lowest BCUT2D eigenvalue weighted by atomic mass is 9.92. The van der Waals surface area contributed by atoms with Crippen molar-refractivity contribution in [1.82, 2.24) is 0 Å². The Morgan fingerprint density at radius 2 is 1.48 bits per heavy atom. The molecule has 0 radical (unpaired) electrons. The zero-order valence-corrected chi connectivity index (χ0v) is 13.8. The van der Waals surface area contributed by atoms with Gasteiger partial charge in [-0.15, -0.1) is 0 Å². The average molecular weight is 354 g/mol. The summed E-state index contributed by atoms with van der Waals surface area (Å²) in [5.74, 6) is -1.40. The highest BCUT2D eigenvalue weighted by Gasteiger charge is 2.23. The van der Waals surface area contributed by atoms with Crippen molar-refractivity contribution in [3.05, 3.63) is 89.2 Å². The maximum Gasteiger partial charge on any atom is 0.254 e. The highest BCUT2D eigenvalue weighted by atomic mass is 35.5. The van der Waals surface area contributed by atoms with Gasteiger partial charge < -0.3 is 5.73 Å². The van der Waals surface area contributed by atoms with E-state index in [1.165, 1.54) is 6.07 Å². The number of benzene rings is 3. The predicted octanol–water partition coefficient (Wildman–Crippen LogP) is 4.68. The monoisotopic (exact) mass is 353 g/mol. The molecular weight excluding hydrogens is 341 g/mol. The second-order valence-corrected chi connectivity index (χ2v) is 5.74. The minimum Gasteiger partial charge on any atom is -0.397 e. The number of halogens is 2. The molecule has 0 heterocycles. The fourth-order valence-corrected chi connectivity index (χ4v) is 2.85. The standard InChI is InChI=1S/C20H13ClFNO2/c21-20(25)15-10-11-16(22)17(18(15)23)19(24)14-9-5-4-8-13(14)12-6-2-1-3-7-12/h1-11H,23H2. The molecule has 2 N–H and O–H groups in total. The topological polar surface area (TPSA) is 60.2 Å². The van der Waals surface area contributed by atoms with Crippen LogP contribution in [0.4, 0.5) is 10.1 Å². The first-order chi connectivity index (χ1) is 12.0. The van der Waals surface area contributed by atoms with E-state index in [-0.39, 0.29) is 16.8 Å². The van der Waals surface area contributed by atoms with Crippen LogP contribution in [0.15, 0.2) is 66.7 Å². The van der Waals surface area contributed by atoms with Gasteiger partial charge in [0.15, 0.2) is 5.78 Å². The summed E-state index contributed by atoms with van der Waals surface area (Å²) in [7, 11) is 0. The third-order valence-electron chi connectivity index (χ3n) is 3.89. The first-order valence-electron chi connectivity index (χ1n) is 7.47. The summed E-state index contributed by atoms with van der Waals surface area (Å²) < 4.78 is 14.3. The van der Waals surface area contributed by atoms with E-state index in [1.807, 2.05) is 30.3 Å². The number of nitrogens with two attached hydrogens (primary N) is 1. The normalized spacial score (nSPS) is 10.5. The second-order valence-electron chi connectivity index (χ2n) is 5.40. The van der Waals surface area contributed by atoms with E-state index in [0.717, 1.165) is 11.6 Å². The SMILES string of the molecule is Nc1c(C(=O)Cl)ccc(F)c1C(=O)c1ccccc1-c1ccccc1. The van der Waals surface area contributed by atoms with Gasteiger partial charge in [-0.3, -0.25) is 9.59 Å². The molecule has 3 aromatic rings. The van der Waals surface area contributed by atoms with Crippen molar-refractivity contribution in [2.75, 3.05) is 5.73 Å². The molecule has 0 saturated carbocycles. The summed E-state index contributed by atoms with van der Waals surface area (Å²) in [5.41, 5.74) is 6.90. The molecule has 3 aromatic carbocycles. The first-order valence-corrected chi connectivity index (χ1v) is 7.85. The number of nitrogen functional groups attached to an aromatic ring is 1. The van der Waals surface area contributed by atoms with Gasteiger partial charge in [-0.2, -0.15) is 0 Å². The van der Waals surface area contributed by atoms with Crippen LogP contribution in [0.25, 0.3) is 11.1 Å². The van der Waals surface area contributed by atoms with Crippen molar-refractivity contribution in [3.63, 3.8) is 0 Å². The molecular formula is C20H13ClFNO2. The Balaban J connectivity index is 2.19. The second kappa shape index (κ2) is 6.87. The van der Waals surface area contributed by atoms with Gasteiger partial charge in [-0.05, 0) is 34.9 Å². The molecule has 0 amide bonds. The average Bonchev–Trinajstić information content (AvgIpc) is 2.62. The molecule has 0 fully saturated rings. The van der Waals surface area contributed by atoms with E-state index in [2.05, 4.69) is 0 Å². The smallest absolute Gasteiger partial charge is 0.254 e. The summed E-state index contributed by atoms with van der Waals surface area (Å²) in [6.07, 6.45) is 0. The summed E-state index contributed by atoms with van der Waals surface area (Å²) in [6, 6.07) is 18.3. The fourth-order valence-electron chi connectivity index (χ4n) is 2.68. The molecule has 25 heavy (non-hydrogen) atoms. The Labute approximate surface area is 148 Å². The maximum absolute atomic E-state index is 14.3. The van der Waals surface area contributed by atoms with Gasteiger partial charge in [0, 0.05) is 5.56 Å². The molecule has 0 aromatic heterocycles. The van der Waals surface area contributed by atoms with Crippen LogP contribution in [-0.4, -0.2) is 11.0 Å². The van der Waals surface area contributed by atoms with Gasteiger partial charge in [0.05, 0.1) is 16.8 Å². The quantitative estimate of drug-likeness (QED) is 0.420. The first kappa shape index (κ1) is 16.9. The van der Waals surface area contributed by atoms with E-state index in [9.17, 15) is 14.0 Å². The zero-order valence-electron chi connectivity index (χ0n) is 13.0. The summed E-state index contributed by atoms with van der Waals surface area (Å²) in [4.78, 5) is 24.4. The molecule has 5 heteroatoms.